The van der Waals surface area contributed by atoms with Gasteiger partial charge in [0.2, 0.25) is 11.8 Å². The number of hydroxylamine groups is 2. The van der Waals surface area contributed by atoms with E-state index in [1.54, 1.807) is 6.20 Å². The van der Waals surface area contributed by atoms with Crippen LogP contribution in [0.4, 0.5) is 0 Å². The van der Waals surface area contributed by atoms with E-state index in [-0.39, 0.29) is 17.9 Å². The van der Waals surface area contributed by atoms with Crippen LogP contribution in [0, 0.1) is 0 Å². The summed E-state index contributed by atoms with van der Waals surface area (Å²) < 4.78 is 1.88. The van der Waals surface area contributed by atoms with Gasteiger partial charge in [-0.05, 0) is 25.2 Å². The van der Waals surface area contributed by atoms with Gasteiger partial charge in [-0.25, -0.2) is 5.06 Å². The van der Waals surface area contributed by atoms with Crippen LogP contribution in [-0.2, 0) is 21.0 Å². The van der Waals surface area contributed by atoms with Gasteiger partial charge in [0, 0.05) is 19.3 Å². The molecule has 0 spiro atoms. The fourth-order valence-electron chi connectivity index (χ4n) is 3.04. The van der Waals surface area contributed by atoms with Crippen molar-refractivity contribution in [3.63, 3.8) is 0 Å². The van der Waals surface area contributed by atoms with Crippen molar-refractivity contribution in [1.82, 2.24) is 19.7 Å². The standard InChI is InChI=1S/C15H22N4O3S/c1-23-11-15(21)17-9-12-4-5-16-19(12)13(10-17)8-14(20)18-6-2-3-7-22-18/h4-5,13H,2-3,6-11H2,1H3/t13-/m1/s1. The van der Waals surface area contributed by atoms with Gasteiger partial charge in [-0.2, -0.15) is 16.9 Å². The molecule has 3 rings (SSSR count). The normalized spacial score (nSPS) is 21.2. The van der Waals surface area contributed by atoms with Crippen LogP contribution in [0.15, 0.2) is 12.3 Å². The largest absolute Gasteiger partial charge is 0.334 e. The summed E-state index contributed by atoms with van der Waals surface area (Å²) in [7, 11) is 0. The lowest BCUT2D eigenvalue weighted by Crippen LogP contribution is -2.44. The molecular weight excluding hydrogens is 316 g/mol. The smallest absolute Gasteiger partial charge is 0.248 e. The Morgan fingerprint density at radius 3 is 3.00 bits per heavy atom. The van der Waals surface area contributed by atoms with Crippen LogP contribution in [0.5, 0.6) is 0 Å². The third kappa shape index (κ3) is 3.69. The number of carbonyl (C=O) groups is 2. The fraction of sp³-hybridized carbons (Fsp3) is 0.667. The second-order valence-corrected chi connectivity index (χ2v) is 6.73. The number of aromatic nitrogens is 2. The number of nitrogens with zero attached hydrogens (tertiary/aromatic N) is 4. The Morgan fingerprint density at radius 2 is 2.26 bits per heavy atom. The maximum absolute atomic E-state index is 12.5. The number of fused-ring (bicyclic) bond motifs is 1. The fourth-order valence-corrected chi connectivity index (χ4v) is 3.47. The summed E-state index contributed by atoms with van der Waals surface area (Å²) in [4.78, 5) is 31.9. The quantitative estimate of drug-likeness (QED) is 0.822. The highest BCUT2D eigenvalue weighted by atomic mass is 32.2. The molecule has 7 nitrogen and oxygen atoms in total. The van der Waals surface area contributed by atoms with Crippen molar-refractivity contribution in [3.05, 3.63) is 18.0 Å². The molecule has 1 fully saturated rings. The maximum atomic E-state index is 12.5. The first kappa shape index (κ1) is 16.3. The van der Waals surface area contributed by atoms with Crippen LogP contribution in [0.25, 0.3) is 0 Å². The summed E-state index contributed by atoms with van der Waals surface area (Å²) in [6.45, 7) is 2.33. The molecule has 2 amide bonds. The number of carbonyl (C=O) groups excluding carboxylic acids is 2. The van der Waals surface area contributed by atoms with Gasteiger partial charge in [0.1, 0.15) is 0 Å². The van der Waals surface area contributed by atoms with E-state index in [1.165, 1.54) is 16.8 Å². The summed E-state index contributed by atoms with van der Waals surface area (Å²) in [5.41, 5.74) is 0.975. The lowest BCUT2D eigenvalue weighted by molar-refractivity contribution is -0.198. The molecule has 0 radical (unpaired) electrons. The maximum Gasteiger partial charge on any atom is 0.248 e. The molecule has 0 N–H and O–H groups in total. The Hall–Kier alpha value is -1.54. The molecule has 2 aliphatic heterocycles. The molecule has 0 unspecified atom stereocenters. The Morgan fingerprint density at radius 1 is 1.39 bits per heavy atom. The molecule has 2 aliphatic rings. The highest BCUT2D eigenvalue weighted by Crippen LogP contribution is 2.24. The highest BCUT2D eigenvalue weighted by Gasteiger charge is 2.31. The minimum absolute atomic E-state index is 0.0321. The average molecular weight is 338 g/mol. The molecular formula is C15H22N4O3S. The molecule has 126 valence electrons. The molecule has 3 heterocycles. The van der Waals surface area contributed by atoms with Gasteiger partial charge >= 0.3 is 0 Å². The zero-order valence-corrected chi connectivity index (χ0v) is 14.1. The molecule has 1 atom stereocenters. The van der Waals surface area contributed by atoms with E-state index in [9.17, 15) is 9.59 Å². The Kier molecular flexibility index (Phi) is 5.22. The van der Waals surface area contributed by atoms with Crippen LogP contribution < -0.4 is 0 Å². The average Bonchev–Trinajstić information content (AvgIpc) is 3.04. The molecule has 1 aromatic rings. The summed E-state index contributed by atoms with van der Waals surface area (Å²) in [5, 5.41) is 5.81. The molecule has 0 bridgehead atoms. The Labute approximate surface area is 139 Å². The second-order valence-electron chi connectivity index (χ2n) is 5.87. The number of hydrogen-bond acceptors (Lipinski definition) is 5. The van der Waals surface area contributed by atoms with Gasteiger partial charge in [0.25, 0.3) is 0 Å². The lowest BCUT2D eigenvalue weighted by Gasteiger charge is -2.35. The van der Waals surface area contributed by atoms with Crippen LogP contribution in [0.2, 0.25) is 0 Å². The van der Waals surface area contributed by atoms with Gasteiger partial charge in [-0.15, -0.1) is 0 Å². The van der Waals surface area contributed by atoms with Crippen molar-refractivity contribution in [1.29, 1.82) is 0 Å². The van der Waals surface area contributed by atoms with Crippen LogP contribution in [0.1, 0.15) is 31.0 Å². The first-order chi connectivity index (χ1) is 11.2. The lowest BCUT2D eigenvalue weighted by atomic mass is 10.1. The first-order valence-electron chi connectivity index (χ1n) is 7.91. The van der Waals surface area contributed by atoms with E-state index >= 15 is 0 Å². The molecule has 8 heteroatoms. The predicted octanol–water partition coefficient (Wildman–Crippen LogP) is 1.07. The number of rotatable bonds is 4. The van der Waals surface area contributed by atoms with E-state index in [1.807, 2.05) is 21.9 Å². The van der Waals surface area contributed by atoms with Crippen molar-refractivity contribution in [3.8, 4) is 0 Å². The van der Waals surface area contributed by atoms with E-state index in [0.29, 0.717) is 38.4 Å². The van der Waals surface area contributed by atoms with Gasteiger partial charge in [0.05, 0.1) is 37.1 Å². The predicted molar refractivity (Wildman–Crippen MR) is 86.6 cm³/mol. The summed E-state index contributed by atoms with van der Waals surface area (Å²) >= 11 is 1.52. The molecule has 1 saturated heterocycles. The molecule has 1 aromatic heterocycles. The minimum Gasteiger partial charge on any atom is -0.334 e. The Balaban J connectivity index is 1.70. The molecule has 23 heavy (non-hydrogen) atoms. The zero-order chi connectivity index (χ0) is 16.2. The van der Waals surface area contributed by atoms with Crippen molar-refractivity contribution in [2.75, 3.05) is 31.7 Å². The van der Waals surface area contributed by atoms with E-state index in [0.717, 1.165) is 18.5 Å². The third-order valence-electron chi connectivity index (χ3n) is 4.19. The van der Waals surface area contributed by atoms with Gasteiger partial charge in [0.15, 0.2) is 0 Å². The number of thioether (sulfide) groups is 1. The minimum atomic E-state index is -0.127. The van der Waals surface area contributed by atoms with E-state index in [4.69, 9.17) is 4.84 Å². The van der Waals surface area contributed by atoms with Gasteiger partial charge in [-0.1, -0.05) is 0 Å². The van der Waals surface area contributed by atoms with Crippen molar-refractivity contribution in [2.45, 2.75) is 31.8 Å². The van der Waals surface area contributed by atoms with Crippen LogP contribution in [0.3, 0.4) is 0 Å². The Bertz CT molecular complexity index is 571. The monoisotopic (exact) mass is 338 g/mol. The second kappa shape index (κ2) is 7.35. The third-order valence-corrected chi connectivity index (χ3v) is 4.73. The SMILES string of the molecule is CSCC(=O)N1Cc2ccnn2[C@H](CC(=O)N2CCCCO2)C1. The van der Waals surface area contributed by atoms with Crippen LogP contribution in [-0.4, -0.2) is 63.3 Å². The molecule has 0 aliphatic carbocycles. The van der Waals surface area contributed by atoms with E-state index in [2.05, 4.69) is 5.10 Å². The van der Waals surface area contributed by atoms with Gasteiger partial charge in [-0.3, -0.25) is 19.1 Å². The zero-order valence-electron chi connectivity index (χ0n) is 13.3. The summed E-state index contributed by atoms with van der Waals surface area (Å²) in [5.74, 6) is 0.538. The van der Waals surface area contributed by atoms with Crippen molar-refractivity contribution < 1.29 is 14.4 Å². The summed E-state index contributed by atoms with van der Waals surface area (Å²) in [6.07, 6.45) is 5.92. The molecule has 0 aromatic carbocycles. The van der Waals surface area contributed by atoms with Crippen molar-refractivity contribution >= 4 is 23.6 Å². The summed E-state index contributed by atoms with van der Waals surface area (Å²) in [6, 6.07) is 1.78. The highest BCUT2D eigenvalue weighted by molar-refractivity contribution is 7.99. The molecule has 0 saturated carbocycles. The number of amides is 2. The van der Waals surface area contributed by atoms with Gasteiger partial charge < -0.3 is 4.90 Å². The van der Waals surface area contributed by atoms with Crippen molar-refractivity contribution in [2.24, 2.45) is 0 Å². The van der Waals surface area contributed by atoms with E-state index < -0.39 is 0 Å². The van der Waals surface area contributed by atoms with Crippen LogP contribution >= 0.6 is 11.8 Å². The first-order valence-corrected chi connectivity index (χ1v) is 9.31. The number of hydrogen-bond donors (Lipinski definition) is 0. The topological polar surface area (TPSA) is 67.7 Å².